The lowest BCUT2D eigenvalue weighted by Gasteiger charge is -2.23. The summed E-state index contributed by atoms with van der Waals surface area (Å²) in [6.45, 7) is 5.80. The summed E-state index contributed by atoms with van der Waals surface area (Å²) in [5.41, 5.74) is 3.02. The molecule has 1 aliphatic carbocycles. The maximum atomic E-state index is 11.4. The van der Waals surface area contributed by atoms with Crippen LogP contribution in [-0.2, 0) is 5.60 Å². The van der Waals surface area contributed by atoms with Crippen molar-refractivity contribution in [2.75, 3.05) is 19.7 Å². The molecule has 3 nitrogen and oxygen atoms in total. The number of aliphatic hydroxyl groups excluding tert-OH is 1. The van der Waals surface area contributed by atoms with Crippen LogP contribution in [0, 0.1) is 11.8 Å². The van der Waals surface area contributed by atoms with E-state index >= 15 is 0 Å². The molecule has 2 aromatic carbocycles. The molecule has 1 atom stereocenters. The molecule has 0 aromatic heterocycles. The van der Waals surface area contributed by atoms with E-state index in [0.717, 1.165) is 22.3 Å². The summed E-state index contributed by atoms with van der Waals surface area (Å²) in [4.78, 5) is 1.26. The van der Waals surface area contributed by atoms with Crippen LogP contribution in [-0.4, -0.2) is 36.0 Å². The molecule has 1 unspecified atom stereocenters. The lowest BCUT2D eigenvalue weighted by molar-refractivity contribution is -0.914. The van der Waals surface area contributed by atoms with Crippen LogP contribution in [0.1, 0.15) is 31.4 Å². The number of quaternary nitrogens is 1. The van der Waals surface area contributed by atoms with Crippen molar-refractivity contribution in [1.82, 2.24) is 0 Å². The van der Waals surface area contributed by atoms with Gasteiger partial charge in [0, 0.05) is 6.42 Å². The Hall–Kier alpha value is -2.12. The maximum Gasteiger partial charge on any atom is 0.139 e. The van der Waals surface area contributed by atoms with Crippen LogP contribution in [0.15, 0.2) is 48.5 Å². The summed E-state index contributed by atoms with van der Waals surface area (Å²) in [5, 5.41) is 20.6. The van der Waals surface area contributed by atoms with E-state index in [1.54, 1.807) is 0 Å². The molecular weight excluding hydrogens is 310 g/mol. The third-order valence-corrected chi connectivity index (χ3v) is 5.07. The first-order valence-electron chi connectivity index (χ1n) is 8.91. The van der Waals surface area contributed by atoms with Gasteiger partial charge in [0.2, 0.25) is 0 Å². The lowest BCUT2D eigenvalue weighted by Crippen LogP contribution is -3.15. The predicted octanol–water partition coefficient (Wildman–Crippen LogP) is 1.58. The van der Waals surface area contributed by atoms with E-state index < -0.39 is 5.60 Å². The Morgan fingerprint density at radius 1 is 0.960 bits per heavy atom. The molecule has 0 amide bonds. The standard InChI is InChI=1S/C22H25NO2/c1-17(2)23(15-16-24)14-8-7-13-22(25)20-11-5-3-9-18(20)19-10-4-6-12-21(19)22/h3-6,9-12,17,24-25H,13-16H2,1-2H3/p+1. The van der Waals surface area contributed by atoms with Crippen LogP contribution in [0.4, 0.5) is 0 Å². The van der Waals surface area contributed by atoms with Crippen molar-refractivity contribution < 1.29 is 15.1 Å². The van der Waals surface area contributed by atoms with Gasteiger partial charge in [-0.25, -0.2) is 0 Å². The molecule has 0 fully saturated rings. The molecule has 0 bridgehead atoms. The zero-order valence-corrected chi connectivity index (χ0v) is 14.9. The molecule has 25 heavy (non-hydrogen) atoms. The maximum absolute atomic E-state index is 11.4. The second-order valence-electron chi connectivity index (χ2n) is 6.95. The molecule has 0 spiro atoms. The van der Waals surface area contributed by atoms with E-state index in [-0.39, 0.29) is 6.61 Å². The fourth-order valence-electron chi connectivity index (χ4n) is 3.58. The lowest BCUT2D eigenvalue weighted by atomic mass is 9.88. The van der Waals surface area contributed by atoms with E-state index in [0.29, 0.717) is 25.6 Å². The van der Waals surface area contributed by atoms with Crippen molar-refractivity contribution in [1.29, 1.82) is 0 Å². The molecule has 0 radical (unpaired) electrons. The van der Waals surface area contributed by atoms with Crippen molar-refractivity contribution in [3.63, 3.8) is 0 Å². The number of aliphatic hydroxyl groups is 2. The van der Waals surface area contributed by atoms with Gasteiger partial charge in [0.1, 0.15) is 18.7 Å². The second kappa shape index (κ2) is 7.41. The number of nitrogens with one attached hydrogen (secondary N) is 1. The van der Waals surface area contributed by atoms with Crippen LogP contribution in [0.25, 0.3) is 11.1 Å². The Morgan fingerprint density at radius 2 is 1.52 bits per heavy atom. The Bertz CT molecular complexity index is 755. The van der Waals surface area contributed by atoms with Crippen LogP contribution in [0.2, 0.25) is 0 Å². The van der Waals surface area contributed by atoms with Crippen molar-refractivity contribution in [2.45, 2.75) is 31.9 Å². The zero-order chi connectivity index (χ0) is 17.9. The Labute approximate surface area is 149 Å². The third kappa shape index (κ3) is 3.34. The van der Waals surface area contributed by atoms with E-state index in [1.807, 2.05) is 36.4 Å². The average molecular weight is 336 g/mol. The normalized spacial score (nSPS) is 15.2. The number of fused-ring (bicyclic) bond motifs is 3. The highest BCUT2D eigenvalue weighted by atomic mass is 16.3. The smallest absolute Gasteiger partial charge is 0.139 e. The van der Waals surface area contributed by atoms with Crippen molar-refractivity contribution in [2.24, 2.45) is 0 Å². The molecule has 0 saturated heterocycles. The molecule has 3 N–H and O–H groups in total. The first kappa shape index (κ1) is 17.7. The second-order valence-corrected chi connectivity index (χ2v) is 6.95. The van der Waals surface area contributed by atoms with Crippen molar-refractivity contribution in [3.8, 4) is 23.0 Å². The molecule has 1 aliphatic rings. The summed E-state index contributed by atoms with van der Waals surface area (Å²) in [5.74, 6) is 6.40. The van der Waals surface area contributed by atoms with Gasteiger partial charge < -0.3 is 15.1 Å². The first-order valence-corrected chi connectivity index (χ1v) is 8.91. The Kier molecular flexibility index (Phi) is 5.24. The van der Waals surface area contributed by atoms with Crippen molar-refractivity contribution in [3.05, 3.63) is 59.7 Å². The predicted molar refractivity (Wildman–Crippen MR) is 100 cm³/mol. The Morgan fingerprint density at radius 3 is 2.04 bits per heavy atom. The van der Waals surface area contributed by atoms with Gasteiger partial charge in [-0.15, -0.1) is 0 Å². The molecule has 130 valence electrons. The highest BCUT2D eigenvalue weighted by Crippen LogP contribution is 2.48. The number of hydrogen-bond donors (Lipinski definition) is 3. The van der Waals surface area contributed by atoms with Gasteiger partial charge in [-0.1, -0.05) is 54.5 Å². The van der Waals surface area contributed by atoms with Gasteiger partial charge in [-0.05, 0) is 42.0 Å². The summed E-state index contributed by atoms with van der Waals surface area (Å²) in [6, 6.07) is 16.5. The quantitative estimate of drug-likeness (QED) is 0.726. The van der Waals surface area contributed by atoms with Gasteiger partial charge in [-0.3, -0.25) is 0 Å². The summed E-state index contributed by atoms with van der Waals surface area (Å²) >= 11 is 0. The minimum atomic E-state index is -1.05. The van der Waals surface area contributed by atoms with Gasteiger partial charge in [-0.2, -0.15) is 0 Å². The highest BCUT2D eigenvalue weighted by Gasteiger charge is 2.40. The van der Waals surface area contributed by atoms with E-state index in [1.165, 1.54) is 4.90 Å². The summed E-state index contributed by atoms with van der Waals surface area (Å²) < 4.78 is 0. The molecule has 0 aliphatic heterocycles. The minimum Gasteiger partial charge on any atom is -0.391 e. The monoisotopic (exact) mass is 336 g/mol. The van der Waals surface area contributed by atoms with Crippen LogP contribution >= 0.6 is 0 Å². The van der Waals surface area contributed by atoms with Gasteiger partial charge >= 0.3 is 0 Å². The third-order valence-electron chi connectivity index (χ3n) is 5.07. The fourth-order valence-corrected chi connectivity index (χ4v) is 3.58. The first-order chi connectivity index (χ1) is 12.1. The van der Waals surface area contributed by atoms with Crippen LogP contribution in [0.5, 0.6) is 0 Å². The highest BCUT2D eigenvalue weighted by molar-refractivity contribution is 5.80. The van der Waals surface area contributed by atoms with E-state index in [4.69, 9.17) is 5.11 Å². The molecule has 2 aromatic rings. The number of rotatable bonds is 5. The van der Waals surface area contributed by atoms with Crippen LogP contribution in [0.3, 0.4) is 0 Å². The van der Waals surface area contributed by atoms with Crippen LogP contribution < -0.4 is 4.90 Å². The SMILES string of the molecule is CC(C)[NH+](CC#CCC1(O)c2ccccc2-c2ccccc21)CCO. The van der Waals surface area contributed by atoms with Gasteiger partial charge in [0.05, 0.1) is 12.6 Å². The molecule has 0 saturated carbocycles. The fraction of sp³-hybridized carbons (Fsp3) is 0.364. The largest absolute Gasteiger partial charge is 0.391 e. The Balaban J connectivity index is 1.84. The average Bonchev–Trinajstić information content (AvgIpc) is 2.88. The molecular formula is C22H26NO2+. The van der Waals surface area contributed by atoms with Gasteiger partial charge in [0.25, 0.3) is 0 Å². The van der Waals surface area contributed by atoms with E-state index in [2.05, 4.69) is 37.8 Å². The molecule has 0 heterocycles. The van der Waals surface area contributed by atoms with E-state index in [9.17, 15) is 5.11 Å². The number of benzene rings is 2. The topological polar surface area (TPSA) is 44.9 Å². The minimum absolute atomic E-state index is 0.167. The summed E-state index contributed by atoms with van der Waals surface area (Å²) in [7, 11) is 0. The van der Waals surface area contributed by atoms with Gasteiger partial charge in [0.15, 0.2) is 0 Å². The molecule has 3 rings (SSSR count). The van der Waals surface area contributed by atoms with Crippen molar-refractivity contribution >= 4 is 0 Å². The zero-order valence-electron chi connectivity index (χ0n) is 14.9. The summed E-state index contributed by atoms with van der Waals surface area (Å²) in [6.07, 6.45) is 0.380. The number of hydrogen-bond acceptors (Lipinski definition) is 2. The molecule has 3 heteroatoms.